The van der Waals surface area contributed by atoms with Crippen LogP contribution in [0.1, 0.15) is 29.3 Å². The molecule has 1 N–H and O–H groups in total. The summed E-state index contributed by atoms with van der Waals surface area (Å²) in [5, 5.41) is 5.01. The number of aromatic nitrogens is 2. The summed E-state index contributed by atoms with van der Waals surface area (Å²) in [6.07, 6.45) is 4.27. The second-order valence-electron chi connectivity index (χ2n) is 8.14. The minimum atomic E-state index is -0.380. The van der Waals surface area contributed by atoms with Crippen LogP contribution in [0.3, 0.4) is 0 Å². The number of nitrogens with one attached hydrogen (secondary N) is 1. The van der Waals surface area contributed by atoms with Gasteiger partial charge in [0, 0.05) is 4.88 Å². The number of aryl methyl sites for hydroxylation is 2. The predicted molar refractivity (Wildman–Crippen MR) is 141 cm³/mol. The van der Waals surface area contributed by atoms with Gasteiger partial charge in [0.1, 0.15) is 16.4 Å². The summed E-state index contributed by atoms with van der Waals surface area (Å²) in [6, 6.07) is 13.2. The van der Waals surface area contributed by atoms with E-state index in [1.165, 1.54) is 23.2 Å². The summed E-state index contributed by atoms with van der Waals surface area (Å²) < 4.78 is 20.4. The van der Waals surface area contributed by atoms with E-state index in [1.54, 1.807) is 28.0 Å². The zero-order chi connectivity index (χ0) is 25.1. The molecule has 2 heterocycles. The van der Waals surface area contributed by atoms with E-state index in [9.17, 15) is 14.0 Å². The standard InChI is InChI=1S/C26H23FN4O3S2/c1-2-34-19-11-9-18(10-12-19)31-25(33)23-20-7-4-8-21(20)36-24(23)29-26(31)35-15-22(32)30-28-14-16-5-3-6-17(27)13-16/h3,5-6,9-14H,2,4,7-8,15H2,1H3,(H,30,32). The average Bonchev–Trinajstić information content (AvgIpc) is 3.45. The number of thioether (sulfide) groups is 1. The largest absolute Gasteiger partial charge is 0.494 e. The van der Waals surface area contributed by atoms with Crippen molar-refractivity contribution in [3.63, 3.8) is 0 Å². The van der Waals surface area contributed by atoms with Gasteiger partial charge in [0.05, 0.1) is 29.6 Å². The number of hydrogen-bond donors (Lipinski definition) is 1. The van der Waals surface area contributed by atoms with Crippen LogP contribution in [-0.4, -0.2) is 34.0 Å². The zero-order valence-corrected chi connectivity index (χ0v) is 21.1. The summed E-state index contributed by atoms with van der Waals surface area (Å²) >= 11 is 2.73. The van der Waals surface area contributed by atoms with Crippen LogP contribution in [0.2, 0.25) is 0 Å². The lowest BCUT2D eigenvalue weighted by Crippen LogP contribution is -2.24. The maximum Gasteiger partial charge on any atom is 0.267 e. The molecular weight excluding hydrogens is 499 g/mol. The summed E-state index contributed by atoms with van der Waals surface area (Å²) in [5.41, 5.74) is 4.61. The van der Waals surface area contributed by atoms with Crippen LogP contribution < -0.4 is 15.7 Å². The number of nitrogens with zero attached hydrogens (tertiary/aromatic N) is 3. The molecule has 4 aromatic rings. The highest BCUT2D eigenvalue weighted by Crippen LogP contribution is 2.36. The second-order valence-corrected chi connectivity index (χ2v) is 10.2. The van der Waals surface area contributed by atoms with Gasteiger partial charge in [-0.15, -0.1) is 11.3 Å². The first-order valence-electron chi connectivity index (χ1n) is 11.5. The highest BCUT2D eigenvalue weighted by molar-refractivity contribution is 7.99. The highest BCUT2D eigenvalue weighted by Gasteiger charge is 2.24. The number of amides is 1. The minimum Gasteiger partial charge on any atom is -0.494 e. The third-order valence-corrected chi connectivity index (χ3v) is 7.82. The van der Waals surface area contributed by atoms with E-state index < -0.39 is 0 Å². The van der Waals surface area contributed by atoms with Crippen molar-refractivity contribution in [3.05, 3.63) is 80.7 Å². The van der Waals surface area contributed by atoms with Gasteiger partial charge in [0.2, 0.25) is 0 Å². The van der Waals surface area contributed by atoms with Crippen LogP contribution in [0, 0.1) is 5.82 Å². The molecule has 5 rings (SSSR count). The summed E-state index contributed by atoms with van der Waals surface area (Å²) in [7, 11) is 0. The number of fused-ring (bicyclic) bond motifs is 3. The highest BCUT2D eigenvalue weighted by atomic mass is 32.2. The van der Waals surface area contributed by atoms with Crippen molar-refractivity contribution in [2.24, 2.45) is 5.10 Å². The third kappa shape index (κ3) is 5.05. The topological polar surface area (TPSA) is 85.6 Å². The number of thiophene rings is 1. The number of halogens is 1. The molecule has 1 aliphatic rings. The lowest BCUT2D eigenvalue weighted by Gasteiger charge is -2.13. The molecule has 184 valence electrons. The average molecular weight is 523 g/mol. The third-order valence-electron chi connectivity index (χ3n) is 5.70. The Hall–Kier alpha value is -3.50. The summed E-state index contributed by atoms with van der Waals surface area (Å²) in [6.45, 7) is 2.46. The first-order chi connectivity index (χ1) is 17.5. The van der Waals surface area contributed by atoms with Gasteiger partial charge < -0.3 is 4.74 Å². The van der Waals surface area contributed by atoms with Crippen molar-refractivity contribution < 1.29 is 13.9 Å². The molecule has 36 heavy (non-hydrogen) atoms. The molecule has 0 atom stereocenters. The van der Waals surface area contributed by atoms with Crippen LogP contribution >= 0.6 is 23.1 Å². The lowest BCUT2D eigenvalue weighted by atomic mass is 10.2. The fourth-order valence-corrected chi connectivity index (χ4v) is 6.24. The smallest absolute Gasteiger partial charge is 0.267 e. The van der Waals surface area contributed by atoms with Crippen molar-refractivity contribution in [3.8, 4) is 11.4 Å². The van der Waals surface area contributed by atoms with E-state index in [4.69, 9.17) is 9.72 Å². The molecule has 0 radical (unpaired) electrons. The molecule has 1 aliphatic carbocycles. The van der Waals surface area contributed by atoms with Crippen LogP contribution in [0.5, 0.6) is 5.75 Å². The van der Waals surface area contributed by atoms with Crippen molar-refractivity contribution >= 4 is 45.4 Å². The van der Waals surface area contributed by atoms with E-state index in [0.29, 0.717) is 39.0 Å². The Kier molecular flexibility index (Phi) is 7.15. The number of hydrazone groups is 1. The van der Waals surface area contributed by atoms with Crippen molar-refractivity contribution in [1.29, 1.82) is 0 Å². The van der Waals surface area contributed by atoms with Crippen LogP contribution in [0.4, 0.5) is 4.39 Å². The molecular formula is C26H23FN4O3S2. The molecule has 0 aliphatic heterocycles. The Morgan fingerprint density at radius 2 is 2.11 bits per heavy atom. The first kappa shape index (κ1) is 24.2. The zero-order valence-electron chi connectivity index (χ0n) is 19.5. The van der Waals surface area contributed by atoms with E-state index in [-0.39, 0.29) is 23.0 Å². The van der Waals surface area contributed by atoms with Crippen LogP contribution in [-0.2, 0) is 17.6 Å². The van der Waals surface area contributed by atoms with Crippen LogP contribution in [0.15, 0.2) is 63.6 Å². The molecule has 7 nitrogen and oxygen atoms in total. The van der Waals surface area contributed by atoms with Crippen molar-refractivity contribution in [2.45, 2.75) is 31.3 Å². The number of hydrogen-bond acceptors (Lipinski definition) is 7. The normalized spacial score (nSPS) is 12.8. The Bertz CT molecular complexity index is 1510. The van der Waals surface area contributed by atoms with Crippen molar-refractivity contribution in [1.82, 2.24) is 15.0 Å². The van der Waals surface area contributed by atoms with Gasteiger partial charge in [-0.25, -0.2) is 14.8 Å². The molecule has 0 fully saturated rings. The van der Waals surface area contributed by atoms with Gasteiger partial charge in [0.25, 0.3) is 11.5 Å². The Labute approximate surface area is 215 Å². The van der Waals surface area contributed by atoms with Gasteiger partial charge in [-0.05, 0) is 73.7 Å². The lowest BCUT2D eigenvalue weighted by molar-refractivity contribution is -0.118. The van der Waals surface area contributed by atoms with Gasteiger partial charge in [-0.1, -0.05) is 23.9 Å². The Morgan fingerprint density at radius 1 is 1.28 bits per heavy atom. The molecule has 0 saturated heterocycles. The number of benzene rings is 2. The summed E-state index contributed by atoms with van der Waals surface area (Å²) in [4.78, 5) is 32.9. The molecule has 0 saturated carbocycles. The first-order valence-corrected chi connectivity index (χ1v) is 13.3. The number of ether oxygens (including phenoxy) is 1. The molecule has 0 bridgehead atoms. The second kappa shape index (κ2) is 10.6. The van der Waals surface area contributed by atoms with Gasteiger partial charge in [-0.2, -0.15) is 5.10 Å². The molecule has 0 spiro atoms. The van der Waals surface area contributed by atoms with E-state index in [2.05, 4.69) is 10.5 Å². The van der Waals surface area contributed by atoms with E-state index in [1.807, 2.05) is 31.2 Å². The van der Waals surface area contributed by atoms with E-state index >= 15 is 0 Å². The number of rotatable bonds is 8. The fraction of sp³-hybridized carbons (Fsp3) is 0.231. The molecule has 2 aromatic carbocycles. The maximum atomic E-state index is 13.7. The predicted octanol–water partition coefficient (Wildman–Crippen LogP) is 4.72. The van der Waals surface area contributed by atoms with Crippen LogP contribution in [0.25, 0.3) is 15.9 Å². The van der Waals surface area contributed by atoms with Gasteiger partial charge in [0.15, 0.2) is 5.16 Å². The number of carbonyl (C=O) groups is 1. The maximum absolute atomic E-state index is 13.7. The fourth-order valence-electron chi connectivity index (χ4n) is 4.14. The van der Waals surface area contributed by atoms with Gasteiger partial charge >= 0.3 is 0 Å². The van der Waals surface area contributed by atoms with Gasteiger partial charge in [-0.3, -0.25) is 14.2 Å². The minimum absolute atomic E-state index is 0.000552. The molecule has 0 unspecified atom stereocenters. The SMILES string of the molecule is CCOc1ccc(-n2c(SCC(=O)NN=Cc3cccc(F)c3)nc3sc4c(c3c2=O)CCC4)cc1. The Morgan fingerprint density at radius 3 is 2.89 bits per heavy atom. The number of carbonyl (C=O) groups excluding carboxylic acids is 1. The molecule has 2 aromatic heterocycles. The summed E-state index contributed by atoms with van der Waals surface area (Å²) in [5.74, 6) is -0.0341. The monoisotopic (exact) mass is 522 g/mol. The van der Waals surface area contributed by atoms with Crippen molar-refractivity contribution in [2.75, 3.05) is 12.4 Å². The molecule has 10 heteroatoms. The van der Waals surface area contributed by atoms with E-state index in [0.717, 1.165) is 36.6 Å². The quantitative estimate of drug-likeness (QED) is 0.157. The molecule has 1 amide bonds. The Balaban J connectivity index is 1.42.